The number of aryl methyl sites for hydroxylation is 1. The Kier molecular flexibility index (Phi) is 4.76. The van der Waals surface area contributed by atoms with Gasteiger partial charge in [0.1, 0.15) is 5.70 Å². The second kappa shape index (κ2) is 6.40. The van der Waals surface area contributed by atoms with Crippen LogP contribution in [0.4, 0.5) is 0 Å². The number of imidazole rings is 1. The summed E-state index contributed by atoms with van der Waals surface area (Å²) in [7, 11) is -4.08. The van der Waals surface area contributed by atoms with Crippen molar-refractivity contribution in [3.8, 4) is 0 Å². The van der Waals surface area contributed by atoms with Gasteiger partial charge in [0, 0.05) is 23.7 Å². The summed E-state index contributed by atoms with van der Waals surface area (Å²) in [4.78, 5) is 17.6. The van der Waals surface area contributed by atoms with Crippen molar-refractivity contribution in [2.75, 3.05) is 12.3 Å². The molecule has 0 fully saturated rings. The average molecular weight is 344 g/mol. The highest BCUT2D eigenvalue weighted by molar-refractivity contribution is 7.98. The topological polar surface area (TPSA) is 156 Å². The fourth-order valence-corrected chi connectivity index (χ4v) is 3.81. The Morgan fingerprint density at radius 1 is 1.50 bits per heavy atom. The third-order valence-corrected chi connectivity index (χ3v) is 5.26. The smallest absolute Gasteiger partial charge is 0.292 e. The van der Waals surface area contributed by atoms with Crippen LogP contribution in [0.5, 0.6) is 0 Å². The number of nitrogens with two attached hydrogens (primary N) is 2. The van der Waals surface area contributed by atoms with Gasteiger partial charge in [-0.1, -0.05) is 0 Å². The standard InChI is InChI=1S/C11H16N6O3S2/c1-6-7(16-5-15-6)4-21-3-2-14-11-8(12)9(10(13)18)22(19,20)17-11/h5H,2-4,12H2,1H3,(H2,13,18)(H,14,17)(H,15,16). The Morgan fingerprint density at radius 2 is 2.23 bits per heavy atom. The molecule has 0 unspecified atom stereocenters. The lowest BCUT2D eigenvalue weighted by atomic mass is 10.3. The zero-order valence-corrected chi connectivity index (χ0v) is 13.4. The zero-order chi connectivity index (χ0) is 16.3. The first-order chi connectivity index (χ1) is 10.3. The maximum Gasteiger partial charge on any atom is 0.292 e. The highest BCUT2D eigenvalue weighted by atomic mass is 32.2. The van der Waals surface area contributed by atoms with Crippen LogP contribution in [0.3, 0.4) is 0 Å². The van der Waals surface area contributed by atoms with Crippen LogP contribution in [-0.2, 0) is 20.6 Å². The van der Waals surface area contributed by atoms with Crippen LogP contribution in [-0.4, -0.2) is 42.4 Å². The molecule has 1 aromatic heterocycles. The molecule has 1 aliphatic rings. The summed E-state index contributed by atoms with van der Waals surface area (Å²) in [5.74, 6) is 0.307. The molecule has 22 heavy (non-hydrogen) atoms. The molecule has 0 bridgehead atoms. The van der Waals surface area contributed by atoms with E-state index in [0.717, 1.165) is 17.1 Å². The minimum atomic E-state index is -4.08. The number of amides is 1. The summed E-state index contributed by atoms with van der Waals surface area (Å²) >= 11 is 1.63. The summed E-state index contributed by atoms with van der Waals surface area (Å²) in [6.45, 7) is 2.36. The van der Waals surface area contributed by atoms with Crippen LogP contribution >= 0.6 is 11.8 Å². The Balaban J connectivity index is 1.85. The van der Waals surface area contributed by atoms with Gasteiger partial charge in [0.15, 0.2) is 10.7 Å². The molecule has 0 saturated carbocycles. The van der Waals surface area contributed by atoms with Crippen molar-refractivity contribution in [3.63, 3.8) is 0 Å². The van der Waals surface area contributed by atoms with Gasteiger partial charge in [0.25, 0.3) is 15.9 Å². The van der Waals surface area contributed by atoms with Gasteiger partial charge in [-0.05, 0) is 6.92 Å². The number of amidine groups is 1. The third kappa shape index (κ3) is 3.42. The molecule has 0 atom stereocenters. The molecule has 11 heteroatoms. The first-order valence-corrected chi connectivity index (χ1v) is 8.87. The van der Waals surface area contributed by atoms with Crippen molar-refractivity contribution in [2.24, 2.45) is 15.9 Å². The summed E-state index contributed by atoms with van der Waals surface area (Å²) in [5.41, 5.74) is 12.4. The number of nitrogens with zero attached hydrogens (tertiary/aromatic N) is 2. The number of carbonyl (C=O) groups excluding carboxylic acids is 1. The lowest BCUT2D eigenvalue weighted by Gasteiger charge is -2.06. The van der Waals surface area contributed by atoms with Gasteiger partial charge in [0.2, 0.25) is 0 Å². The third-order valence-electron chi connectivity index (χ3n) is 2.91. The first-order valence-electron chi connectivity index (χ1n) is 6.28. The highest BCUT2D eigenvalue weighted by Gasteiger charge is 2.34. The maximum absolute atomic E-state index is 11.6. The maximum atomic E-state index is 11.6. The van der Waals surface area contributed by atoms with E-state index in [1.54, 1.807) is 18.1 Å². The molecule has 1 aromatic rings. The minimum absolute atomic E-state index is 0.0351. The largest absolute Gasteiger partial charge is 0.394 e. The zero-order valence-electron chi connectivity index (χ0n) is 11.8. The second-order valence-corrected chi connectivity index (χ2v) is 7.11. The predicted molar refractivity (Wildman–Crippen MR) is 84.3 cm³/mol. The molecule has 2 rings (SSSR count). The number of carbonyl (C=O) groups is 1. The number of hydrogen-bond donors (Lipinski definition) is 4. The first kappa shape index (κ1) is 16.4. The molecular weight excluding hydrogens is 328 g/mol. The molecule has 1 amide bonds. The van der Waals surface area contributed by atoms with E-state index in [9.17, 15) is 13.2 Å². The Bertz CT molecular complexity index is 750. The van der Waals surface area contributed by atoms with E-state index < -0.39 is 20.8 Å². The normalized spacial score (nSPS) is 16.7. The van der Waals surface area contributed by atoms with E-state index in [1.165, 1.54) is 0 Å². The number of aromatic nitrogens is 2. The molecule has 2 heterocycles. The van der Waals surface area contributed by atoms with Gasteiger partial charge in [0.05, 0.1) is 12.0 Å². The van der Waals surface area contributed by atoms with Crippen molar-refractivity contribution in [2.45, 2.75) is 12.7 Å². The number of primary amides is 1. The van der Waals surface area contributed by atoms with Gasteiger partial charge in [-0.25, -0.2) is 4.98 Å². The van der Waals surface area contributed by atoms with Gasteiger partial charge in [-0.3, -0.25) is 4.79 Å². The molecule has 1 aliphatic heterocycles. The van der Waals surface area contributed by atoms with Gasteiger partial charge in [-0.2, -0.15) is 20.2 Å². The summed E-state index contributed by atoms with van der Waals surface area (Å²) in [6, 6.07) is 0. The Labute approximate surface area is 131 Å². The van der Waals surface area contributed by atoms with Crippen LogP contribution in [0.25, 0.3) is 0 Å². The van der Waals surface area contributed by atoms with Crippen molar-refractivity contribution < 1.29 is 13.2 Å². The predicted octanol–water partition coefficient (Wildman–Crippen LogP) is -1.06. The molecule has 0 aliphatic carbocycles. The minimum Gasteiger partial charge on any atom is -0.394 e. The summed E-state index contributed by atoms with van der Waals surface area (Å²) in [5, 5.41) is 2.80. The highest BCUT2D eigenvalue weighted by Crippen LogP contribution is 2.19. The number of aromatic amines is 1. The fourth-order valence-electron chi connectivity index (χ4n) is 1.80. The lowest BCUT2D eigenvalue weighted by Crippen LogP contribution is -2.30. The van der Waals surface area contributed by atoms with Crippen molar-refractivity contribution in [1.29, 1.82) is 0 Å². The molecule has 9 nitrogen and oxygen atoms in total. The molecule has 0 saturated heterocycles. The quantitative estimate of drug-likeness (QED) is 0.479. The SMILES string of the molecule is Cc1nc[nH]c1CSCCNC1=NS(=O)(=O)C(C(N)=O)=C1N. The van der Waals surface area contributed by atoms with E-state index in [0.29, 0.717) is 12.3 Å². The molecule has 0 aromatic carbocycles. The van der Waals surface area contributed by atoms with Crippen LogP contribution in [0.2, 0.25) is 0 Å². The molecule has 6 N–H and O–H groups in total. The molecule has 0 radical (unpaired) electrons. The van der Waals surface area contributed by atoms with Crippen LogP contribution in [0, 0.1) is 6.92 Å². The van der Waals surface area contributed by atoms with E-state index in [4.69, 9.17) is 11.5 Å². The van der Waals surface area contributed by atoms with Gasteiger partial charge < -0.3 is 21.8 Å². The van der Waals surface area contributed by atoms with Crippen molar-refractivity contribution in [1.82, 2.24) is 15.3 Å². The van der Waals surface area contributed by atoms with E-state index >= 15 is 0 Å². The van der Waals surface area contributed by atoms with E-state index in [2.05, 4.69) is 19.7 Å². The number of hydrogen-bond acceptors (Lipinski definition) is 7. The lowest BCUT2D eigenvalue weighted by molar-refractivity contribution is -0.113. The molecular formula is C11H16N6O3S2. The van der Waals surface area contributed by atoms with Crippen LogP contribution in [0.1, 0.15) is 11.4 Å². The Hall–Kier alpha value is -2.01. The van der Waals surface area contributed by atoms with Crippen molar-refractivity contribution in [3.05, 3.63) is 28.3 Å². The van der Waals surface area contributed by atoms with E-state index in [1.807, 2.05) is 6.92 Å². The number of rotatable bonds is 6. The van der Waals surface area contributed by atoms with Gasteiger partial charge in [-0.15, -0.1) is 4.40 Å². The number of sulfonamides is 1. The van der Waals surface area contributed by atoms with Crippen LogP contribution in [0.15, 0.2) is 21.3 Å². The number of H-pyrrole nitrogens is 1. The number of nitrogens with one attached hydrogen (secondary N) is 2. The second-order valence-electron chi connectivity index (χ2n) is 4.47. The van der Waals surface area contributed by atoms with Crippen molar-refractivity contribution >= 4 is 33.5 Å². The summed E-state index contributed by atoms with van der Waals surface area (Å²) < 4.78 is 26.7. The summed E-state index contributed by atoms with van der Waals surface area (Å²) in [6.07, 6.45) is 1.64. The van der Waals surface area contributed by atoms with E-state index in [-0.39, 0.29) is 11.5 Å². The number of thioether (sulfide) groups is 1. The average Bonchev–Trinajstić information content (AvgIpc) is 2.90. The molecule has 0 spiro atoms. The Morgan fingerprint density at radius 3 is 2.77 bits per heavy atom. The molecule has 120 valence electrons. The fraction of sp³-hybridized carbons (Fsp3) is 0.364. The van der Waals surface area contributed by atoms with Crippen LogP contribution < -0.4 is 16.8 Å². The van der Waals surface area contributed by atoms with Gasteiger partial charge >= 0.3 is 0 Å². The monoisotopic (exact) mass is 344 g/mol.